The average molecular weight is 353 g/mol. The van der Waals surface area contributed by atoms with Gasteiger partial charge in [-0.1, -0.05) is 97.1 Å². The molecule has 6 aromatic carbocycles. The summed E-state index contributed by atoms with van der Waals surface area (Å²) in [7, 11) is 0. The van der Waals surface area contributed by atoms with E-state index in [-0.39, 0.29) is 0 Å². The quantitative estimate of drug-likeness (QED) is 0.265. The van der Waals surface area contributed by atoms with E-state index in [9.17, 15) is 0 Å². The molecule has 0 heterocycles. The summed E-state index contributed by atoms with van der Waals surface area (Å²) >= 11 is 0. The van der Waals surface area contributed by atoms with Gasteiger partial charge in [-0.15, -0.1) is 0 Å². The van der Waals surface area contributed by atoms with E-state index in [2.05, 4.69) is 109 Å². The van der Waals surface area contributed by atoms with Crippen molar-refractivity contribution in [3.63, 3.8) is 0 Å². The Balaban J connectivity index is 1.95. The van der Waals surface area contributed by atoms with Crippen molar-refractivity contribution in [1.82, 2.24) is 0 Å². The van der Waals surface area contributed by atoms with Crippen molar-refractivity contribution in [2.24, 2.45) is 0 Å². The lowest BCUT2D eigenvalue weighted by atomic mass is 9.86. The molecule has 0 spiro atoms. The smallest absolute Gasteiger partial charge is 0.00139 e. The highest BCUT2D eigenvalue weighted by Gasteiger charge is 2.15. The summed E-state index contributed by atoms with van der Waals surface area (Å²) in [6.07, 6.45) is 0. The lowest BCUT2D eigenvalue weighted by Gasteiger charge is -2.17. The zero-order chi connectivity index (χ0) is 18.5. The molecule has 129 valence electrons. The maximum Gasteiger partial charge on any atom is -0.00139 e. The van der Waals surface area contributed by atoms with Gasteiger partial charge in [-0.2, -0.15) is 0 Å². The number of benzene rings is 6. The topological polar surface area (TPSA) is 0 Å². The molecule has 0 bridgehead atoms. The number of hydrogen-bond acceptors (Lipinski definition) is 0. The monoisotopic (exact) mass is 353 g/mol. The third-order valence-corrected chi connectivity index (χ3v) is 5.68. The fourth-order valence-corrected chi connectivity index (χ4v) is 4.46. The number of hydrogen-bond donors (Lipinski definition) is 0. The molecule has 0 fully saturated rings. The van der Waals surface area contributed by atoms with Crippen LogP contribution in [0.2, 0.25) is 0 Å². The van der Waals surface area contributed by atoms with Crippen LogP contribution in [0, 0.1) is 6.07 Å². The molecule has 0 saturated carbocycles. The fourth-order valence-electron chi connectivity index (χ4n) is 4.46. The van der Waals surface area contributed by atoms with Gasteiger partial charge in [0.25, 0.3) is 0 Å². The van der Waals surface area contributed by atoms with Crippen LogP contribution in [0.5, 0.6) is 0 Å². The van der Waals surface area contributed by atoms with Gasteiger partial charge in [-0.25, -0.2) is 0 Å². The van der Waals surface area contributed by atoms with Crippen molar-refractivity contribution >= 4 is 43.1 Å². The van der Waals surface area contributed by atoms with Gasteiger partial charge in [0.1, 0.15) is 0 Å². The first kappa shape index (κ1) is 15.4. The minimum absolute atomic E-state index is 1.16. The summed E-state index contributed by atoms with van der Waals surface area (Å²) in [6.45, 7) is 0. The van der Waals surface area contributed by atoms with Gasteiger partial charge in [0, 0.05) is 0 Å². The number of fused-ring (bicyclic) bond motifs is 4. The summed E-state index contributed by atoms with van der Waals surface area (Å²) in [5.41, 5.74) is 2.62. The highest BCUT2D eigenvalue weighted by atomic mass is 14.2. The second-order valence-electron chi connectivity index (χ2n) is 7.29. The summed E-state index contributed by atoms with van der Waals surface area (Å²) in [5.74, 6) is 0. The third kappa shape index (κ3) is 2.18. The lowest BCUT2D eigenvalue weighted by Crippen LogP contribution is -1.89. The predicted molar refractivity (Wildman–Crippen MR) is 121 cm³/mol. The Bertz CT molecular complexity index is 1280. The Hall–Kier alpha value is -3.64. The minimum Gasteiger partial charge on any atom is -0.0616 e. The van der Waals surface area contributed by atoms with Crippen molar-refractivity contribution < 1.29 is 0 Å². The molecule has 0 amide bonds. The Morgan fingerprint density at radius 3 is 1.32 bits per heavy atom. The predicted octanol–water partition coefficient (Wildman–Crippen LogP) is 7.77. The van der Waals surface area contributed by atoms with Crippen LogP contribution in [-0.4, -0.2) is 0 Å². The lowest BCUT2D eigenvalue weighted by molar-refractivity contribution is 1.72. The third-order valence-electron chi connectivity index (χ3n) is 5.68. The molecule has 0 atom stereocenters. The average Bonchev–Trinajstić information content (AvgIpc) is 2.76. The van der Waals surface area contributed by atoms with Crippen LogP contribution in [0.25, 0.3) is 54.2 Å². The molecular weight excluding hydrogens is 336 g/mol. The maximum absolute atomic E-state index is 3.62. The first-order valence-electron chi connectivity index (χ1n) is 9.64. The van der Waals surface area contributed by atoms with E-state index in [0.29, 0.717) is 0 Å². The van der Waals surface area contributed by atoms with Crippen molar-refractivity contribution in [2.75, 3.05) is 0 Å². The SMILES string of the molecule is [c]1c2ccccc2c(-c2c3ccccc3cc3ccccc23)c2ccccc12. The van der Waals surface area contributed by atoms with E-state index in [4.69, 9.17) is 0 Å². The van der Waals surface area contributed by atoms with Crippen LogP contribution in [0.1, 0.15) is 0 Å². The van der Waals surface area contributed by atoms with E-state index in [1.807, 2.05) is 0 Å². The summed E-state index contributed by atoms with van der Waals surface area (Å²) in [4.78, 5) is 0. The molecule has 0 unspecified atom stereocenters. The maximum atomic E-state index is 3.62. The van der Waals surface area contributed by atoms with Crippen LogP contribution >= 0.6 is 0 Å². The zero-order valence-corrected chi connectivity index (χ0v) is 15.3. The summed E-state index contributed by atoms with van der Waals surface area (Å²) < 4.78 is 0. The summed E-state index contributed by atoms with van der Waals surface area (Å²) in [6, 6.07) is 40.6. The van der Waals surface area contributed by atoms with Crippen molar-refractivity contribution in [3.05, 3.63) is 109 Å². The molecule has 0 saturated heterocycles. The van der Waals surface area contributed by atoms with E-state index >= 15 is 0 Å². The molecule has 28 heavy (non-hydrogen) atoms. The van der Waals surface area contributed by atoms with Gasteiger partial charge < -0.3 is 0 Å². The minimum atomic E-state index is 1.16. The van der Waals surface area contributed by atoms with Gasteiger partial charge in [-0.3, -0.25) is 0 Å². The van der Waals surface area contributed by atoms with Crippen LogP contribution in [0.15, 0.2) is 103 Å². The van der Waals surface area contributed by atoms with Gasteiger partial charge in [0.15, 0.2) is 0 Å². The first-order valence-corrected chi connectivity index (χ1v) is 9.64. The van der Waals surface area contributed by atoms with Gasteiger partial charge in [0.2, 0.25) is 0 Å². The molecule has 0 aliphatic heterocycles. The van der Waals surface area contributed by atoms with Crippen LogP contribution < -0.4 is 0 Å². The first-order chi connectivity index (χ1) is 13.9. The normalized spacial score (nSPS) is 11.6. The largest absolute Gasteiger partial charge is 0.0616 e. The van der Waals surface area contributed by atoms with Crippen molar-refractivity contribution in [3.8, 4) is 11.1 Å². The molecule has 0 aromatic heterocycles. The Labute approximate surface area is 163 Å². The molecule has 0 aliphatic carbocycles. The molecule has 6 rings (SSSR count). The highest BCUT2D eigenvalue weighted by molar-refractivity contribution is 6.22. The standard InChI is InChI=1S/C28H17/c1-5-13-23-19(9-1)17-20-10-2-6-14-24(20)27(23)28-25-15-7-3-11-21(25)18-22-12-4-8-16-26(22)28/h1-17H. The van der Waals surface area contributed by atoms with E-state index in [1.165, 1.54) is 43.4 Å². The molecule has 6 aromatic rings. The van der Waals surface area contributed by atoms with Gasteiger partial charge in [-0.05, 0) is 66.3 Å². The second-order valence-corrected chi connectivity index (χ2v) is 7.29. The van der Waals surface area contributed by atoms with Crippen LogP contribution in [0.3, 0.4) is 0 Å². The van der Waals surface area contributed by atoms with Crippen molar-refractivity contribution in [1.29, 1.82) is 0 Å². The van der Waals surface area contributed by atoms with Gasteiger partial charge >= 0.3 is 0 Å². The zero-order valence-electron chi connectivity index (χ0n) is 15.3. The fraction of sp³-hybridized carbons (Fsp3) is 0. The van der Waals surface area contributed by atoms with E-state index in [0.717, 1.165) is 10.8 Å². The van der Waals surface area contributed by atoms with E-state index in [1.54, 1.807) is 0 Å². The molecule has 0 aliphatic rings. The molecule has 0 N–H and O–H groups in total. The van der Waals surface area contributed by atoms with Crippen molar-refractivity contribution in [2.45, 2.75) is 0 Å². The highest BCUT2D eigenvalue weighted by Crippen LogP contribution is 2.43. The Morgan fingerprint density at radius 1 is 0.393 bits per heavy atom. The Morgan fingerprint density at radius 2 is 0.786 bits per heavy atom. The second kappa shape index (κ2) is 5.94. The number of rotatable bonds is 1. The molecule has 0 nitrogen and oxygen atoms in total. The van der Waals surface area contributed by atoms with Crippen LogP contribution in [0.4, 0.5) is 0 Å². The summed E-state index contributed by atoms with van der Waals surface area (Å²) in [5, 5.41) is 9.96. The van der Waals surface area contributed by atoms with E-state index < -0.39 is 0 Å². The van der Waals surface area contributed by atoms with Gasteiger partial charge in [0.05, 0.1) is 0 Å². The molecule has 0 heteroatoms. The Kier molecular flexibility index (Phi) is 3.27. The molecule has 1 radical (unpaired) electrons. The molecular formula is C28H17. The van der Waals surface area contributed by atoms with Crippen LogP contribution in [-0.2, 0) is 0 Å².